The minimum absolute atomic E-state index is 0. The zero-order chi connectivity index (χ0) is 11.5. The van der Waals surface area contributed by atoms with Crippen LogP contribution in [-0.4, -0.2) is 61.0 Å². The Bertz CT molecular complexity index is 286. The van der Waals surface area contributed by atoms with Gasteiger partial charge in [-0.05, 0) is 6.08 Å². The molecular formula is C10H18ClN3O2. The average molecular weight is 248 g/mol. The number of carbonyl (C=O) groups is 2. The van der Waals surface area contributed by atoms with Gasteiger partial charge >= 0.3 is 0 Å². The van der Waals surface area contributed by atoms with Crippen LogP contribution in [0.1, 0.15) is 0 Å². The molecule has 0 aromatic carbocycles. The van der Waals surface area contributed by atoms with Crippen molar-refractivity contribution in [3.8, 4) is 0 Å². The van der Waals surface area contributed by atoms with Crippen molar-refractivity contribution in [1.29, 1.82) is 0 Å². The van der Waals surface area contributed by atoms with E-state index in [2.05, 4.69) is 6.58 Å². The molecule has 1 heterocycles. The Morgan fingerprint density at radius 1 is 1.44 bits per heavy atom. The number of halogens is 1. The summed E-state index contributed by atoms with van der Waals surface area (Å²) in [7, 11) is 1.99. The smallest absolute Gasteiger partial charge is 0.272 e. The molecule has 6 heteroatoms. The van der Waals surface area contributed by atoms with Crippen molar-refractivity contribution in [2.75, 3.05) is 39.8 Å². The Labute approximate surface area is 102 Å². The maximum absolute atomic E-state index is 11.3. The van der Waals surface area contributed by atoms with Crippen LogP contribution in [-0.2, 0) is 9.59 Å². The lowest BCUT2D eigenvalue weighted by atomic mass is 10.2. The van der Waals surface area contributed by atoms with Gasteiger partial charge in [0, 0.05) is 0 Å². The number of hydrogen-bond donors (Lipinski definition) is 1. The number of likely N-dealkylation sites (N-methyl/N-ethyl adjacent to an activating group) is 1. The summed E-state index contributed by atoms with van der Waals surface area (Å²) < 4.78 is 0.621. The SMILES string of the molecule is C=CC(=O)N1CC[N+](C)(CC(N)=O)CC1.[Cl-]. The summed E-state index contributed by atoms with van der Waals surface area (Å²) in [4.78, 5) is 23.9. The molecule has 1 aliphatic rings. The van der Waals surface area contributed by atoms with Crippen molar-refractivity contribution in [3.05, 3.63) is 12.7 Å². The molecule has 0 saturated carbocycles. The molecule has 0 atom stereocenters. The van der Waals surface area contributed by atoms with Crippen LogP contribution >= 0.6 is 0 Å². The van der Waals surface area contributed by atoms with Gasteiger partial charge in [0.1, 0.15) is 0 Å². The van der Waals surface area contributed by atoms with Crippen LogP contribution in [0, 0.1) is 0 Å². The van der Waals surface area contributed by atoms with E-state index >= 15 is 0 Å². The maximum Gasteiger partial charge on any atom is 0.272 e. The molecular weight excluding hydrogens is 230 g/mol. The van der Waals surface area contributed by atoms with E-state index in [1.54, 1.807) is 4.90 Å². The van der Waals surface area contributed by atoms with Crippen LogP contribution < -0.4 is 18.1 Å². The highest BCUT2D eigenvalue weighted by molar-refractivity contribution is 5.87. The molecule has 16 heavy (non-hydrogen) atoms. The predicted molar refractivity (Wildman–Crippen MR) is 56.8 cm³/mol. The second-order valence-electron chi connectivity index (χ2n) is 4.22. The Kier molecular flexibility index (Phi) is 5.47. The first kappa shape index (κ1) is 14.9. The van der Waals surface area contributed by atoms with Gasteiger partial charge in [0.15, 0.2) is 6.54 Å². The lowest BCUT2D eigenvalue weighted by molar-refractivity contribution is -0.905. The highest BCUT2D eigenvalue weighted by atomic mass is 35.5. The molecule has 0 aliphatic carbocycles. The van der Waals surface area contributed by atoms with Crippen molar-refractivity contribution in [3.63, 3.8) is 0 Å². The summed E-state index contributed by atoms with van der Waals surface area (Å²) >= 11 is 0. The van der Waals surface area contributed by atoms with E-state index in [4.69, 9.17) is 5.73 Å². The normalized spacial score (nSPS) is 18.4. The van der Waals surface area contributed by atoms with Gasteiger partial charge in [0.05, 0.1) is 33.2 Å². The Hall–Kier alpha value is -1.07. The molecule has 1 fully saturated rings. The Morgan fingerprint density at radius 3 is 2.31 bits per heavy atom. The summed E-state index contributed by atoms with van der Waals surface area (Å²) in [6, 6.07) is 0. The van der Waals surface area contributed by atoms with Crippen molar-refractivity contribution in [1.82, 2.24) is 4.90 Å². The third kappa shape index (κ3) is 3.83. The van der Waals surface area contributed by atoms with E-state index in [0.29, 0.717) is 24.1 Å². The van der Waals surface area contributed by atoms with E-state index in [9.17, 15) is 9.59 Å². The van der Waals surface area contributed by atoms with Gasteiger partial charge in [-0.15, -0.1) is 0 Å². The summed E-state index contributed by atoms with van der Waals surface area (Å²) in [5.41, 5.74) is 5.18. The molecule has 1 saturated heterocycles. The molecule has 0 bridgehead atoms. The zero-order valence-electron chi connectivity index (χ0n) is 9.49. The van der Waals surface area contributed by atoms with Gasteiger partial charge in [-0.1, -0.05) is 6.58 Å². The number of nitrogens with two attached hydrogens (primary N) is 1. The van der Waals surface area contributed by atoms with Gasteiger partial charge in [-0.2, -0.15) is 0 Å². The fraction of sp³-hybridized carbons (Fsp3) is 0.600. The van der Waals surface area contributed by atoms with Crippen LogP contribution in [0.3, 0.4) is 0 Å². The number of quaternary nitrogens is 1. The van der Waals surface area contributed by atoms with Crippen molar-refractivity contribution in [2.24, 2.45) is 5.73 Å². The number of carbonyl (C=O) groups excluding carboxylic acids is 2. The topological polar surface area (TPSA) is 63.4 Å². The summed E-state index contributed by atoms with van der Waals surface area (Å²) in [6.07, 6.45) is 1.32. The second kappa shape index (κ2) is 5.86. The minimum Gasteiger partial charge on any atom is -1.00 e. The molecule has 0 unspecified atom stereocenters. The van der Waals surface area contributed by atoms with Gasteiger partial charge in [-0.3, -0.25) is 9.59 Å². The number of primary amides is 1. The fourth-order valence-electron chi connectivity index (χ4n) is 1.83. The minimum atomic E-state index is -0.291. The van der Waals surface area contributed by atoms with E-state index in [-0.39, 0.29) is 24.2 Å². The Balaban J connectivity index is 0.00000225. The first-order chi connectivity index (χ1) is 6.97. The average Bonchev–Trinajstić information content (AvgIpc) is 2.16. The van der Waals surface area contributed by atoms with Crippen LogP contribution in [0.4, 0.5) is 0 Å². The van der Waals surface area contributed by atoms with Crippen LogP contribution in [0.2, 0.25) is 0 Å². The third-order valence-electron chi connectivity index (χ3n) is 2.84. The first-order valence-electron chi connectivity index (χ1n) is 5.00. The molecule has 0 aromatic rings. The molecule has 0 radical (unpaired) electrons. The number of rotatable bonds is 3. The van der Waals surface area contributed by atoms with E-state index in [1.807, 2.05) is 7.05 Å². The van der Waals surface area contributed by atoms with Crippen molar-refractivity contribution in [2.45, 2.75) is 0 Å². The Morgan fingerprint density at radius 2 is 1.94 bits per heavy atom. The van der Waals surface area contributed by atoms with Crippen molar-refractivity contribution < 1.29 is 26.5 Å². The van der Waals surface area contributed by atoms with Gasteiger partial charge in [-0.25, -0.2) is 0 Å². The van der Waals surface area contributed by atoms with Crippen LogP contribution in [0.5, 0.6) is 0 Å². The summed E-state index contributed by atoms with van der Waals surface area (Å²) in [5, 5.41) is 0. The van der Waals surface area contributed by atoms with Crippen LogP contribution in [0.25, 0.3) is 0 Å². The summed E-state index contributed by atoms with van der Waals surface area (Å²) in [5.74, 6) is -0.332. The fourth-order valence-corrected chi connectivity index (χ4v) is 1.83. The molecule has 1 aliphatic heterocycles. The quantitative estimate of drug-likeness (QED) is 0.408. The molecule has 5 nitrogen and oxygen atoms in total. The monoisotopic (exact) mass is 247 g/mol. The maximum atomic E-state index is 11.3. The summed E-state index contributed by atoms with van der Waals surface area (Å²) in [6.45, 7) is 6.65. The van der Waals surface area contributed by atoms with E-state index in [1.165, 1.54) is 6.08 Å². The van der Waals surface area contributed by atoms with Crippen molar-refractivity contribution >= 4 is 11.8 Å². The van der Waals surface area contributed by atoms with Crippen LogP contribution in [0.15, 0.2) is 12.7 Å². The predicted octanol–water partition coefficient (Wildman–Crippen LogP) is -4.05. The van der Waals surface area contributed by atoms with Gasteiger partial charge < -0.3 is 27.5 Å². The number of amides is 2. The molecule has 2 N–H and O–H groups in total. The molecule has 2 amide bonds. The molecule has 0 spiro atoms. The lowest BCUT2D eigenvalue weighted by Gasteiger charge is -2.40. The molecule has 0 aromatic heterocycles. The third-order valence-corrected chi connectivity index (χ3v) is 2.84. The second-order valence-corrected chi connectivity index (χ2v) is 4.22. The standard InChI is InChI=1S/C10H17N3O2.ClH/c1-3-10(15)12-4-6-13(2,7-5-12)8-9(11)14;/h3H,1,4-8H2,2H3,(H-,11,14);1H. The van der Waals surface area contributed by atoms with E-state index < -0.39 is 0 Å². The highest BCUT2D eigenvalue weighted by Crippen LogP contribution is 2.09. The molecule has 92 valence electrons. The van der Waals surface area contributed by atoms with Gasteiger partial charge in [0.2, 0.25) is 5.91 Å². The molecule has 1 rings (SSSR count). The lowest BCUT2D eigenvalue weighted by Crippen LogP contribution is -3.00. The number of piperazine rings is 1. The number of hydrogen-bond acceptors (Lipinski definition) is 2. The largest absolute Gasteiger partial charge is 1.00 e. The zero-order valence-corrected chi connectivity index (χ0v) is 10.2. The van der Waals surface area contributed by atoms with E-state index in [0.717, 1.165) is 13.1 Å². The number of nitrogens with zero attached hydrogens (tertiary/aromatic N) is 2. The first-order valence-corrected chi connectivity index (χ1v) is 5.00. The van der Waals surface area contributed by atoms with Gasteiger partial charge in [0.25, 0.3) is 5.91 Å². The highest BCUT2D eigenvalue weighted by Gasteiger charge is 2.31.